The first-order valence-electron chi connectivity index (χ1n) is 4.91. The molecule has 0 radical (unpaired) electrons. The number of primary amides is 1. The first-order valence-corrected chi connectivity index (χ1v) is 4.91. The molecule has 5 N–H and O–H groups in total. The Hall–Kier alpha value is -1.88. The molecule has 1 aromatic carbocycles. The Morgan fingerprint density at radius 3 is 2.56 bits per heavy atom. The van der Waals surface area contributed by atoms with Crippen LogP contribution in [0, 0.1) is 6.92 Å². The van der Waals surface area contributed by atoms with Gasteiger partial charge in [0, 0.05) is 5.69 Å². The highest BCUT2D eigenvalue weighted by Crippen LogP contribution is 2.13. The summed E-state index contributed by atoms with van der Waals surface area (Å²) in [5.41, 5.74) is 12.1. The molecule has 0 aliphatic carbocycles. The molecule has 0 aliphatic rings. The van der Waals surface area contributed by atoms with Crippen molar-refractivity contribution >= 4 is 17.5 Å². The molecule has 0 spiro atoms. The van der Waals surface area contributed by atoms with Crippen molar-refractivity contribution in [3.05, 3.63) is 29.8 Å². The summed E-state index contributed by atoms with van der Waals surface area (Å²) in [6, 6.07) is 6.41. The van der Waals surface area contributed by atoms with Gasteiger partial charge >= 0.3 is 0 Å². The number of hydrogen-bond acceptors (Lipinski definition) is 3. The van der Waals surface area contributed by atoms with E-state index in [1.54, 1.807) is 6.07 Å². The highest BCUT2D eigenvalue weighted by Gasteiger charge is 2.16. The quantitative estimate of drug-likeness (QED) is 0.674. The smallest absolute Gasteiger partial charge is 0.241 e. The molecule has 0 aromatic heterocycles. The van der Waals surface area contributed by atoms with Gasteiger partial charge in [-0.15, -0.1) is 0 Å². The predicted octanol–water partition coefficient (Wildman–Crippen LogP) is 0.136. The van der Waals surface area contributed by atoms with Crippen LogP contribution in [0.2, 0.25) is 0 Å². The van der Waals surface area contributed by atoms with Gasteiger partial charge in [-0.25, -0.2) is 0 Å². The third-order valence-corrected chi connectivity index (χ3v) is 2.16. The maximum Gasteiger partial charge on any atom is 0.241 e. The van der Waals surface area contributed by atoms with Crippen molar-refractivity contribution in [3.63, 3.8) is 0 Å². The van der Waals surface area contributed by atoms with Gasteiger partial charge in [0.2, 0.25) is 11.8 Å². The monoisotopic (exact) mass is 221 g/mol. The molecule has 0 fully saturated rings. The summed E-state index contributed by atoms with van der Waals surface area (Å²) in [6.45, 7) is 1.87. The van der Waals surface area contributed by atoms with Crippen LogP contribution in [-0.2, 0) is 9.59 Å². The van der Waals surface area contributed by atoms with Crippen molar-refractivity contribution < 1.29 is 9.59 Å². The standard InChI is InChI=1S/C11H15N3O2/c1-7-4-2-3-5-9(7)14-11(16)8(12)6-10(13)15/h2-5,8H,6,12H2,1H3,(H2,13,15)(H,14,16). The lowest BCUT2D eigenvalue weighted by molar-refractivity contribution is -0.123. The van der Waals surface area contributed by atoms with Crippen LogP contribution in [0.25, 0.3) is 0 Å². The zero-order valence-corrected chi connectivity index (χ0v) is 9.07. The molecule has 0 saturated carbocycles. The van der Waals surface area contributed by atoms with E-state index in [1.165, 1.54) is 0 Å². The molecule has 0 saturated heterocycles. The number of carbonyl (C=O) groups excluding carboxylic acids is 2. The zero-order valence-electron chi connectivity index (χ0n) is 9.07. The van der Waals surface area contributed by atoms with Crippen molar-refractivity contribution in [1.29, 1.82) is 0 Å². The third kappa shape index (κ3) is 3.36. The van der Waals surface area contributed by atoms with Gasteiger partial charge in [-0.05, 0) is 18.6 Å². The summed E-state index contributed by atoms with van der Waals surface area (Å²) in [6.07, 6.45) is -0.155. The Morgan fingerprint density at radius 1 is 1.38 bits per heavy atom. The maximum atomic E-state index is 11.6. The third-order valence-electron chi connectivity index (χ3n) is 2.16. The van der Waals surface area contributed by atoms with E-state index in [0.29, 0.717) is 5.69 Å². The lowest BCUT2D eigenvalue weighted by Gasteiger charge is -2.12. The topological polar surface area (TPSA) is 98.2 Å². The van der Waals surface area contributed by atoms with E-state index in [0.717, 1.165) is 5.56 Å². The number of benzene rings is 1. The van der Waals surface area contributed by atoms with E-state index >= 15 is 0 Å². The van der Waals surface area contributed by atoms with Crippen LogP contribution in [0.3, 0.4) is 0 Å². The second-order valence-corrected chi connectivity index (χ2v) is 3.58. The Bertz CT molecular complexity index is 404. The van der Waals surface area contributed by atoms with E-state index in [1.807, 2.05) is 25.1 Å². The number of nitrogens with two attached hydrogens (primary N) is 2. The summed E-state index contributed by atoms with van der Waals surface area (Å²) in [7, 11) is 0. The van der Waals surface area contributed by atoms with Crippen molar-refractivity contribution in [3.8, 4) is 0 Å². The lowest BCUT2D eigenvalue weighted by Crippen LogP contribution is -2.39. The predicted molar refractivity (Wildman–Crippen MR) is 61.6 cm³/mol. The largest absolute Gasteiger partial charge is 0.370 e. The average molecular weight is 221 g/mol. The van der Waals surface area contributed by atoms with Crippen LogP contribution in [-0.4, -0.2) is 17.9 Å². The SMILES string of the molecule is Cc1ccccc1NC(=O)C(N)CC(N)=O. The molecule has 86 valence electrons. The number of hydrogen-bond donors (Lipinski definition) is 3. The van der Waals surface area contributed by atoms with Gasteiger partial charge < -0.3 is 16.8 Å². The lowest BCUT2D eigenvalue weighted by atomic mass is 10.1. The Labute approximate surface area is 93.8 Å². The summed E-state index contributed by atoms with van der Waals surface area (Å²) in [5.74, 6) is -1.000. The van der Waals surface area contributed by atoms with Gasteiger partial charge in [0.15, 0.2) is 0 Å². The zero-order chi connectivity index (χ0) is 12.1. The van der Waals surface area contributed by atoms with E-state index < -0.39 is 17.9 Å². The number of rotatable bonds is 4. The fourth-order valence-corrected chi connectivity index (χ4v) is 1.25. The van der Waals surface area contributed by atoms with E-state index in [-0.39, 0.29) is 6.42 Å². The fraction of sp³-hybridized carbons (Fsp3) is 0.273. The Balaban J connectivity index is 2.64. The highest BCUT2D eigenvalue weighted by atomic mass is 16.2. The van der Waals surface area contributed by atoms with Crippen molar-refractivity contribution in [1.82, 2.24) is 0 Å². The summed E-state index contributed by atoms with van der Waals surface area (Å²) >= 11 is 0. The number of carbonyl (C=O) groups is 2. The molecule has 0 heterocycles. The molecule has 0 aliphatic heterocycles. The van der Waals surface area contributed by atoms with Crippen LogP contribution in [0.1, 0.15) is 12.0 Å². The van der Waals surface area contributed by atoms with Crippen LogP contribution < -0.4 is 16.8 Å². The van der Waals surface area contributed by atoms with E-state index in [4.69, 9.17) is 11.5 Å². The Morgan fingerprint density at radius 2 is 2.00 bits per heavy atom. The summed E-state index contributed by atoms with van der Waals surface area (Å²) in [5, 5.41) is 2.64. The first kappa shape index (κ1) is 12.2. The molecule has 2 amide bonds. The van der Waals surface area contributed by atoms with Crippen LogP contribution >= 0.6 is 0 Å². The normalized spacial score (nSPS) is 11.9. The minimum Gasteiger partial charge on any atom is -0.370 e. The fourth-order valence-electron chi connectivity index (χ4n) is 1.25. The molecule has 16 heavy (non-hydrogen) atoms. The minimum atomic E-state index is -0.905. The van der Waals surface area contributed by atoms with Gasteiger partial charge in [0.25, 0.3) is 0 Å². The van der Waals surface area contributed by atoms with Gasteiger partial charge in [-0.1, -0.05) is 18.2 Å². The molecule has 1 rings (SSSR count). The van der Waals surface area contributed by atoms with Gasteiger partial charge in [0.05, 0.1) is 12.5 Å². The average Bonchev–Trinajstić information content (AvgIpc) is 2.20. The Kier molecular flexibility index (Phi) is 4.02. The molecular formula is C11H15N3O2. The molecule has 0 bridgehead atoms. The van der Waals surface area contributed by atoms with Gasteiger partial charge in [0.1, 0.15) is 0 Å². The second-order valence-electron chi connectivity index (χ2n) is 3.58. The maximum absolute atomic E-state index is 11.6. The van der Waals surface area contributed by atoms with Gasteiger partial charge in [-0.3, -0.25) is 9.59 Å². The molecule has 1 aromatic rings. The summed E-state index contributed by atoms with van der Waals surface area (Å²) in [4.78, 5) is 22.2. The van der Waals surface area contributed by atoms with Crippen molar-refractivity contribution in [2.75, 3.05) is 5.32 Å². The van der Waals surface area contributed by atoms with Crippen LogP contribution in [0.15, 0.2) is 24.3 Å². The number of aryl methyl sites for hydroxylation is 1. The van der Waals surface area contributed by atoms with Crippen molar-refractivity contribution in [2.24, 2.45) is 11.5 Å². The number of para-hydroxylation sites is 1. The van der Waals surface area contributed by atoms with Gasteiger partial charge in [-0.2, -0.15) is 0 Å². The molecule has 1 unspecified atom stereocenters. The second kappa shape index (κ2) is 5.27. The first-order chi connectivity index (χ1) is 7.50. The number of amides is 2. The van der Waals surface area contributed by atoms with E-state index in [9.17, 15) is 9.59 Å². The number of anilines is 1. The van der Waals surface area contributed by atoms with Crippen LogP contribution in [0.5, 0.6) is 0 Å². The molecule has 5 nitrogen and oxygen atoms in total. The molecule has 1 atom stereocenters. The van der Waals surface area contributed by atoms with Crippen molar-refractivity contribution in [2.45, 2.75) is 19.4 Å². The molecule has 5 heteroatoms. The highest BCUT2D eigenvalue weighted by molar-refractivity contribution is 5.97. The summed E-state index contributed by atoms with van der Waals surface area (Å²) < 4.78 is 0. The van der Waals surface area contributed by atoms with Crippen LogP contribution in [0.4, 0.5) is 5.69 Å². The molecular weight excluding hydrogens is 206 g/mol. The number of nitrogens with one attached hydrogen (secondary N) is 1. The van der Waals surface area contributed by atoms with E-state index in [2.05, 4.69) is 5.32 Å². The minimum absolute atomic E-state index is 0.155.